The molecule has 132 valence electrons. The van der Waals surface area contributed by atoms with Crippen LogP contribution in [0.25, 0.3) is 5.69 Å². The molecule has 0 bridgehead atoms. The molecule has 0 spiro atoms. The Bertz CT molecular complexity index is 965. The number of fused-ring (bicyclic) bond motifs is 1. The van der Waals surface area contributed by atoms with Gasteiger partial charge in [-0.3, -0.25) is 29.4 Å². The second-order valence-electron chi connectivity index (χ2n) is 6.04. The summed E-state index contributed by atoms with van der Waals surface area (Å²) in [4.78, 5) is 49.6. The van der Waals surface area contributed by atoms with E-state index in [4.69, 9.17) is 5.73 Å². The largest absolute Gasteiger partial charge is 0.325 e. The van der Waals surface area contributed by atoms with E-state index in [0.717, 1.165) is 4.90 Å². The van der Waals surface area contributed by atoms with E-state index in [1.54, 1.807) is 12.3 Å². The summed E-state index contributed by atoms with van der Waals surface area (Å²) < 4.78 is 1.45. The monoisotopic (exact) mass is 354 g/mol. The lowest BCUT2D eigenvalue weighted by Gasteiger charge is -2.27. The molecule has 3 N–H and O–H groups in total. The quantitative estimate of drug-likeness (QED) is 0.682. The maximum absolute atomic E-state index is 12.8. The van der Waals surface area contributed by atoms with Crippen LogP contribution in [0, 0.1) is 0 Å². The zero-order valence-electron chi connectivity index (χ0n) is 13.5. The lowest BCUT2D eigenvalue weighted by Crippen LogP contribution is -2.54. The number of piperidine rings is 1. The van der Waals surface area contributed by atoms with Crippen LogP contribution in [-0.2, 0) is 16.1 Å². The lowest BCUT2D eigenvalue weighted by atomic mass is 10.0. The minimum atomic E-state index is -0.987. The SMILES string of the molecule is NCc1cn(-c2ccc3c(c2)C(=O)N(C2CCC(=O)NC2=O)C3=O)nn1. The van der Waals surface area contributed by atoms with Gasteiger partial charge in [-0.1, -0.05) is 5.21 Å². The minimum absolute atomic E-state index is 0.0793. The molecule has 1 fully saturated rings. The molecule has 4 amide bonds. The maximum atomic E-state index is 12.8. The number of amides is 4. The van der Waals surface area contributed by atoms with E-state index in [0.29, 0.717) is 11.4 Å². The highest BCUT2D eigenvalue weighted by Gasteiger charge is 2.44. The molecule has 26 heavy (non-hydrogen) atoms. The van der Waals surface area contributed by atoms with Crippen LogP contribution in [0.3, 0.4) is 0 Å². The van der Waals surface area contributed by atoms with Gasteiger partial charge in [-0.05, 0) is 24.6 Å². The molecule has 2 aliphatic rings. The summed E-state index contributed by atoms with van der Waals surface area (Å²) in [6.07, 6.45) is 1.82. The average Bonchev–Trinajstić information content (AvgIpc) is 3.20. The zero-order valence-corrected chi connectivity index (χ0v) is 13.5. The average molecular weight is 354 g/mol. The van der Waals surface area contributed by atoms with E-state index in [-0.39, 0.29) is 30.5 Å². The molecule has 1 saturated heterocycles. The van der Waals surface area contributed by atoms with Crippen molar-refractivity contribution in [3.05, 3.63) is 41.2 Å². The minimum Gasteiger partial charge on any atom is -0.325 e. The van der Waals surface area contributed by atoms with Crippen molar-refractivity contribution in [2.45, 2.75) is 25.4 Å². The van der Waals surface area contributed by atoms with Gasteiger partial charge in [0.2, 0.25) is 11.8 Å². The summed E-state index contributed by atoms with van der Waals surface area (Å²) in [6, 6.07) is 3.68. The summed E-state index contributed by atoms with van der Waals surface area (Å²) in [6.45, 7) is 0.228. The van der Waals surface area contributed by atoms with Gasteiger partial charge in [-0.25, -0.2) is 4.68 Å². The van der Waals surface area contributed by atoms with Crippen molar-refractivity contribution in [1.29, 1.82) is 0 Å². The highest BCUT2D eigenvalue weighted by atomic mass is 16.2. The molecule has 10 nitrogen and oxygen atoms in total. The van der Waals surface area contributed by atoms with Crippen molar-refractivity contribution in [2.24, 2.45) is 5.73 Å². The van der Waals surface area contributed by atoms with E-state index < -0.39 is 29.7 Å². The number of benzene rings is 1. The molecule has 4 rings (SSSR count). The van der Waals surface area contributed by atoms with E-state index in [1.807, 2.05) is 0 Å². The number of carbonyl (C=O) groups is 4. The fourth-order valence-corrected chi connectivity index (χ4v) is 3.12. The van der Waals surface area contributed by atoms with Gasteiger partial charge in [-0.2, -0.15) is 0 Å². The Balaban J connectivity index is 1.68. The number of hydrogen-bond acceptors (Lipinski definition) is 7. The third kappa shape index (κ3) is 2.39. The number of carbonyl (C=O) groups excluding carboxylic acids is 4. The molecular formula is C16H14N6O4. The van der Waals surface area contributed by atoms with Crippen molar-refractivity contribution < 1.29 is 19.2 Å². The van der Waals surface area contributed by atoms with E-state index >= 15 is 0 Å². The first-order valence-corrected chi connectivity index (χ1v) is 7.97. The molecule has 10 heteroatoms. The van der Waals surface area contributed by atoms with Crippen LogP contribution >= 0.6 is 0 Å². The van der Waals surface area contributed by atoms with Crippen LogP contribution in [0.15, 0.2) is 24.4 Å². The first kappa shape index (κ1) is 16.1. The lowest BCUT2D eigenvalue weighted by molar-refractivity contribution is -0.136. The normalized spacial score (nSPS) is 19.7. The third-order valence-corrected chi connectivity index (χ3v) is 4.44. The van der Waals surface area contributed by atoms with E-state index in [1.165, 1.54) is 16.8 Å². The summed E-state index contributed by atoms with van der Waals surface area (Å²) >= 11 is 0. The van der Waals surface area contributed by atoms with Crippen LogP contribution in [0.1, 0.15) is 39.3 Å². The summed E-state index contributed by atoms with van der Waals surface area (Å²) in [5, 5.41) is 9.98. The van der Waals surface area contributed by atoms with Crippen molar-refractivity contribution in [3.8, 4) is 5.69 Å². The molecule has 2 aliphatic heterocycles. The predicted molar refractivity (Wildman–Crippen MR) is 85.9 cm³/mol. The van der Waals surface area contributed by atoms with Gasteiger partial charge < -0.3 is 5.73 Å². The van der Waals surface area contributed by atoms with Gasteiger partial charge in [0, 0.05) is 13.0 Å². The van der Waals surface area contributed by atoms with Crippen molar-refractivity contribution in [1.82, 2.24) is 25.2 Å². The molecule has 1 aromatic carbocycles. The fourth-order valence-electron chi connectivity index (χ4n) is 3.12. The summed E-state index contributed by atoms with van der Waals surface area (Å²) in [5.74, 6) is -2.17. The zero-order chi connectivity index (χ0) is 18.4. The number of hydrogen-bond donors (Lipinski definition) is 2. The highest BCUT2D eigenvalue weighted by molar-refractivity contribution is 6.23. The Morgan fingerprint density at radius 1 is 1.15 bits per heavy atom. The standard InChI is InChI=1S/C16H14N6O4/c17-6-8-7-21(20-19-8)9-1-2-10-11(5-9)16(26)22(15(10)25)12-3-4-13(23)18-14(12)24/h1-2,5,7,12H,3-4,6,17H2,(H,18,23,24). The molecule has 2 aromatic rings. The fraction of sp³-hybridized carbons (Fsp3) is 0.250. The van der Waals surface area contributed by atoms with Gasteiger partial charge >= 0.3 is 0 Å². The summed E-state index contributed by atoms with van der Waals surface area (Å²) in [7, 11) is 0. The van der Waals surface area contributed by atoms with Gasteiger partial charge in [0.1, 0.15) is 6.04 Å². The Labute approximate surface area is 146 Å². The van der Waals surface area contributed by atoms with E-state index in [9.17, 15) is 19.2 Å². The van der Waals surface area contributed by atoms with Gasteiger partial charge in [-0.15, -0.1) is 5.10 Å². The number of rotatable bonds is 3. The number of aromatic nitrogens is 3. The first-order chi connectivity index (χ1) is 12.5. The topological polar surface area (TPSA) is 140 Å². The van der Waals surface area contributed by atoms with Crippen LogP contribution in [-0.4, -0.2) is 49.6 Å². The van der Waals surface area contributed by atoms with Crippen molar-refractivity contribution in [2.75, 3.05) is 0 Å². The molecule has 1 aromatic heterocycles. The Morgan fingerprint density at radius 3 is 2.62 bits per heavy atom. The van der Waals surface area contributed by atoms with Crippen molar-refractivity contribution >= 4 is 23.6 Å². The molecule has 0 saturated carbocycles. The van der Waals surface area contributed by atoms with E-state index in [2.05, 4.69) is 15.6 Å². The number of nitrogens with two attached hydrogens (primary N) is 1. The number of imide groups is 2. The Hall–Kier alpha value is -3.40. The second kappa shape index (κ2) is 5.85. The smallest absolute Gasteiger partial charge is 0.262 e. The maximum Gasteiger partial charge on any atom is 0.262 e. The Kier molecular flexibility index (Phi) is 3.62. The molecule has 1 unspecified atom stereocenters. The molecule has 3 heterocycles. The van der Waals surface area contributed by atoms with Crippen LogP contribution in [0.2, 0.25) is 0 Å². The first-order valence-electron chi connectivity index (χ1n) is 7.97. The predicted octanol–water partition coefficient (Wildman–Crippen LogP) is -0.873. The third-order valence-electron chi connectivity index (χ3n) is 4.44. The van der Waals surface area contributed by atoms with Gasteiger partial charge in [0.05, 0.1) is 28.7 Å². The number of nitrogens with zero attached hydrogens (tertiary/aromatic N) is 4. The molecule has 0 aliphatic carbocycles. The number of nitrogens with one attached hydrogen (secondary N) is 1. The van der Waals surface area contributed by atoms with Gasteiger partial charge in [0.15, 0.2) is 0 Å². The molecule has 1 atom stereocenters. The van der Waals surface area contributed by atoms with Gasteiger partial charge in [0.25, 0.3) is 11.8 Å². The van der Waals surface area contributed by atoms with Crippen LogP contribution < -0.4 is 11.1 Å². The molecular weight excluding hydrogens is 340 g/mol. The van der Waals surface area contributed by atoms with Crippen molar-refractivity contribution in [3.63, 3.8) is 0 Å². The molecule has 0 radical (unpaired) electrons. The van der Waals surface area contributed by atoms with Crippen LogP contribution in [0.4, 0.5) is 0 Å². The Morgan fingerprint density at radius 2 is 1.92 bits per heavy atom. The summed E-state index contributed by atoms with van der Waals surface area (Å²) in [5.41, 5.74) is 7.03. The highest BCUT2D eigenvalue weighted by Crippen LogP contribution is 2.29. The second-order valence-corrected chi connectivity index (χ2v) is 6.04. The van der Waals surface area contributed by atoms with Crippen LogP contribution in [0.5, 0.6) is 0 Å².